The summed E-state index contributed by atoms with van der Waals surface area (Å²) in [6.45, 7) is 12.6. The largest absolute Gasteiger partial charge is 0.507 e. The molecule has 0 saturated heterocycles. The number of fused-ring (bicyclic) bond motifs is 5. The number of ether oxygens (including phenoxy) is 1. The lowest BCUT2D eigenvalue weighted by Crippen LogP contribution is -2.68. The van der Waals surface area contributed by atoms with Gasteiger partial charge in [-0.05, 0) is 103 Å². The molecule has 4 aromatic rings. The van der Waals surface area contributed by atoms with Gasteiger partial charge in [-0.1, -0.05) is 79.2 Å². The maximum Gasteiger partial charge on any atom is 0.265 e. The SMILES string of the molecule is Cc1c2c(cc3ccc(Br)cc13)C[C@H]1C[C@H]3[C@H](N(C)C)c4onc(OCc5ccccc5)c4C(=O)[C@@]3(O[Si](C)(C)C(C)(C)C)C(=O)C1=C2O. The number of nitrogens with zero attached hydrogens (tertiary/aromatic N) is 2. The molecule has 1 fully saturated rings. The number of carbonyl (C=O) groups excluding carboxylic acids is 2. The Kier molecular flexibility index (Phi) is 8.13. The van der Waals surface area contributed by atoms with E-state index in [1.807, 2.05) is 68.4 Å². The van der Waals surface area contributed by atoms with E-state index >= 15 is 9.59 Å². The van der Waals surface area contributed by atoms with Crippen molar-refractivity contribution in [3.8, 4) is 5.88 Å². The number of halogens is 1. The Labute approximate surface area is 296 Å². The standard InChI is InChI=1S/C39H43BrN2O6Si/c1-21-27-19-26(40)15-14-23(27)16-24-17-25-18-28-32(42(5)6)34-31(37(41-47-34)46-20-22-12-10-9-11-13-22)36(45)39(28,48-49(7,8)38(2,3)4)35(44)30(25)33(43)29(21)24/h9-16,19,25,28,32,43H,17-18,20H2,1-8H3/t25-,28-,32-,39-/m0/s1. The fourth-order valence-corrected chi connectivity index (χ4v) is 9.78. The second kappa shape index (κ2) is 11.8. The second-order valence-corrected chi connectivity index (χ2v) is 21.2. The highest BCUT2D eigenvalue weighted by Crippen LogP contribution is 2.59. The zero-order valence-corrected chi connectivity index (χ0v) is 31.9. The van der Waals surface area contributed by atoms with E-state index in [1.165, 1.54) is 0 Å². The molecule has 3 aromatic carbocycles. The van der Waals surface area contributed by atoms with Gasteiger partial charge in [0, 0.05) is 21.5 Å². The minimum Gasteiger partial charge on any atom is -0.507 e. The Morgan fingerprint density at radius 3 is 2.45 bits per heavy atom. The first kappa shape index (κ1) is 33.9. The van der Waals surface area contributed by atoms with Crippen molar-refractivity contribution in [2.45, 2.75) is 76.9 Å². The van der Waals surface area contributed by atoms with Gasteiger partial charge in [0.25, 0.3) is 5.88 Å². The van der Waals surface area contributed by atoms with Crippen LogP contribution in [-0.2, 0) is 22.2 Å². The number of ketones is 2. The van der Waals surface area contributed by atoms with Crippen molar-refractivity contribution in [2.75, 3.05) is 14.1 Å². The third-order valence-corrected chi connectivity index (χ3v) is 16.3. The first-order valence-electron chi connectivity index (χ1n) is 16.8. The summed E-state index contributed by atoms with van der Waals surface area (Å²) in [5.74, 6) is -1.52. The molecular formula is C39H43BrN2O6Si. The molecule has 0 spiro atoms. The molecule has 4 atom stereocenters. The summed E-state index contributed by atoms with van der Waals surface area (Å²) < 4.78 is 20.3. The van der Waals surface area contributed by atoms with Gasteiger partial charge in [0.15, 0.2) is 19.7 Å². The molecule has 0 unspecified atom stereocenters. The molecule has 0 amide bonds. The maximum atomic E-state index is 15.5. The van der Waals surface area contributed by atoms with E-state index in [0.717, 1.165) is 31.9 Å². The fourth-order valence-electron chi connectivity index (χ4n) is 7.97. The summed E-state index contributed by atoms with van der Waals surface area (Å²) in [6.07, 6.45) is 0.995. The van der Waals surface area contributed by atoms with Gasteiger partial charge in [-0.15, -0.1) is 0 Å². The number of aliphatic hydroxyl groups is 1. The van der Waals surface area contributed by atoms with Crippen LogP contribution in [0.25, 0.3) is 16.5 Å². The summed E-state index contributed by atoms with van der Waals surface area (Å²) in [5.41, 5.74) is 1.95. The van der Waals surface area contributed by atoms with E-state index in [1.54, 1.807) is 0 Å². The Bertz CT molecular complexity index is 2050. The predicted molar refractivity (Wildman–Crippen MR) is 195 cm³/mol. The summed E-state index contributed by atoms with van der Waals surface area (Å²) in [5, 5.41) is 18.2. The highest BCUT2D eigenvalue weighted by atomic mass is 79.9. The topological polar surface area (TPSA) is 102 Å². The quantitative estimate of drug-likeness (QED) is 0.155. The summed E-state index contributed by atoms with van der Waals surface area (Å²) in [6, 6.07) is 17.3. The number of benzene rings is 3. The average molecular weight is 744 g/mol. The van der Waals surface area contributed by atoms with E-state index in [0.29, 0.717) is 24.2 Å². The molecule has 0 bridgehead atoms. The van der Waals surface area contributed by atoms with Gasteiger partial charge < -0.3 is 18.8 Å². The van der Waals surface area contributed by atoms with Crippen molar-refractivity contribution in [2.24, 2.45) is 11.8 Å². The third-order valence-electron chi connectivity index (χ3n) is 11.4. The van der Waals surface area contributed by atoms with Gasteiger partial charge in [0.1, 0.15) is 17.9 Å². The third kappa shape index (κ3) is 5.17. The monoisotopic (exact) mass is 742 g/mol. The lowest BCUT2D eigenvalue weighted by molar-refractivity contribution is -0.140. The van der Waals surface area contributed by atoms with Gasteiger partial charge in [0.05, 0.1) is 6.04 Å². The van der Waals surface area contributed by atoms with E-state index in [-0.39, 0.29) is 40.3 Å². The Hall–Kier alpha value is -3.57. The molecule has 10 heteroatoms. The minimum absolute atomic E-state index is 0.0439. The molecule has 1 N–H and O–H groups in total. The van der Waals surface area contributed by atoms with Crippen molar-refractivity contribution in [3.05, 3.63) is 98.2 Å². The molecule has 1 heterocycles. The highest BCUT2D eigenvalue weighted by Gasteiger charge is 2.68. The molecule has 3 aliphatic carbocycles. The van der Waals surface area contributed by atoms with Crippen LogP contribution < -0.4 is 4.74 Å². The van der Waals surface area contributed by atoms with Crippen LogP contribution in [0.4, 0.5) is 0 Å². The number of carbonyl (C=O) groups is 2. The van der Waals surface area contributed by atoms with Crippen molar-refractivity contribution in [1.82, 2.24) is 10.1 Å². The number of aromatic nitrogens is 1. The summed E-state index contributed by atoms with van der Waals surface area (Å²) in [7, 11) is 1.03. The van der Waals surface area contributed by atoms with Crippen molar-refractivity contribution < 1.29 is 28.4 Å². The molecule has 0 aliphatic heterocycles. The van der Waals surface area contributed by atoms with E-state index in [4.69, 9.17) is 13.7 Å². The summed E-state index contributed by atoms with van der Waals surface area (Å²) in [4.78, 5) is 32.8. The van der Waals surface area contributed by atoms with Crippen LogP contribution in [0, 0.1) is 18.8 Å². The van der Waals surface area contributed by atoms with Gasteiger partial charge in [0.2, 0.25) is 11.6 Å². The highest BCUT2D eigenvalue weighted by molar-refractivity contribution is 9.10. The number of aliphatic hydroxyl groups excluding tert-OH is 1. The Morgan fingerprint density at radius 1 is 1.06 bits per heavy atom. The van der Waals surface area contributed by atoms with Crippen LogP contribution in [0.15, 0.2) is 69.2 Å². The van der Waals surface area contributed by atoms with Crippen LogP contribution in [0.5, 0.6) is 5.88 Å². The predicted octanol–water partition coefficient (Wildman–Crippen LogP) is 8.77. The van der Waals surface area contributed by atoms with Gasteiger partial charge in [-0.3, -0.25) is 14.5 Å². The zero-order valence-electron chi connectivity index (χ0n) is 29.3. The van der Waals surface area contributed by atoms with Crippen LogP contribution in [0.2, 0.25) is 18.1 Å². The van der Waals surface area contributed by atoms with Crippen LogP contribution >= 0.6 is 15.9 Å². The number of Topliss-reactive ketones (excluding diaryl/α,β-unsaturated/α-hetero) is 2. The smallest absolute Gasteiger partial charge is 0.265 e. The van der Waals surface area contributed by atoms with E-state index in [9.17, 15) is 5.11 Å². The fraction of sp³-hybridized carbons (Fsp3) is 0.410. The molecule has 7 rings (SSSR count). The maximum absolute atomic E-state index is 15.5. The molecule has 49 heavy (non-hydrogen) atoms. The van der Waals surface area contributed by atoms with E-state index in [2.05, 4.69) is 67.1 Å². The van der Waals surface area contributed by atoms with Crippen molar-refractivity contribution >= 4 is 52.3 Å². The molecule has 256 valence electrons. The number of aryl methyl sites for hydroxylation is 1. The van der Waals surface area contributed by atoms with Crippen LogP contribution in [0.1, 0.15) is 71.6 Å². The van der Waals surface area contributed by atoms with Gasteiger partial charge in [-0.2, -0.15) is 0 Å². The Morgan fingerprint density at radius 2 is 1.78 bits per heavy atom. The molecule has 1 aromatic heterocycles. The molecule has 8 nitrogen and oxygen atoms in total. The molecule has 1 saturated carbocycles. The molecule has 0 radical (unpaired) electrons. The Balaban J connectivity index is 1.44. The van der Waals surface area contributed by atoms with Gasteiger partial charge >= 0.3 is 0 Å². The van der Waals surface area contributed by atoms with Crippen LogP contribution in [0.3, 0.4) is 0 Å². The second-order valence-electron chi connectivity index (χ2n) is 15.6. The van der Waals surface area contributed by atoms with Crippen molar-refractivity contribution in [1.29, 1.82) is 0 Å². The molecule has 3 aliphatic rings. The van der Waals surface area contributed by atoms with Crippen LogP contribution in [-0.4, -0.2) is 54.7 Å². The number of hydrogen-bond acceptors (Lipinski definition) is 8. The number of rotatable bonds is 6. The zero-order chi connectivity index (χ0) is 35.2. The first-order chi connectivity index (χ1) is 23.1. The normalized spacial score (nSPS) is 23.8. The molecular weight excluding hydrogens is 700 g/mol. The summed E-state index contributed by atoms with van der Waals surface area (Å²) >= 11 is 3.59. The van der Waals surface area contributed by atoms with Crippen molar-refractivity contribution in [3.63, 3.8) is 0 Å². The minimum atomic E-state index is -2.81. The average Bonchev–Trinajstić information content (AvgIpc) is 3.45. The number of hydrogen-bond donors (Lipinski definition) is 1. The first-order valence-corrected chi connectivity index (χ1v) is 20.5. The van der Waals surface area contributed by atoms with E-state index < -0.39 is 37.4 Å². The lowest BCUT2D eigenvalue weighted by atomic mass is 9.57. The lowest BCUT2D eigenvalue weighted by Gasteiger charge is -2.55. The van der Waals surface area contributed by atoms with Gasteiger partial charge in [-0.25, -0.2) is 0 Å².